The van der Waals surface area contributed by atoms with Crippen molar-refractivity contribution in [2.45, 2.75) is 142 Å². The average molecular weight is 722 g/mol. The molecule has 0 aromatic rings. The van der Waals surface area contributed by atoms with E-state index in [9.17, 15) is 24.2 Å². The number of phosphoric ester groups is 1. The minimum absolute atomic E-state index is 0.0709. The van der Waals surface area contributed by atoms with Crippen LogP contribution in [0.2, 0.25) is 0 Å². The van der Waals surface area contributed by atoms with Crippen molar-refractivity contribution in [3.05, 3.63) is 72.9 Å². The summed E-state index contributed by atoms with van der Waals surface area (Å²) in [6.45, 7) is 3.31. The number of phosphoric acid groups is 1. The third-order valence-electron chi connectivity index (χ3n) is 7.41. The zero-order chi connectivity index (χ0) is 36.8. The Balaban J connectivity index is 3.77. The van der Waals surface area contributed by atoms with E-state index in [-0.39, 0.29) is 32.1 Å². The van der Waals surface area contributed by atoms with Gasteiger partial charge in [0.2, 0.25) is 5.91 Å². The molecule has 10 heteroatoms. The molecule has 0 heterocycles. The number of aliphatic hydroxyl groups excluding tert-OH is 1. The summed E-state index contributed by atoms with van der Waals surface area (Å²) in [4.78, 5) is 33.7. The Labute approximate surface area is 303 Å². The number of aliphatic hydroxyl groups is 1. The van der Waals surface area contributed by atoms with Crippen molar-refractivity contribution in [1.29, 1.82) is 0 Å². The fourth-order valence-electron chi connectivity index (χ4n) is 4.58. The quantitative estimate of drug-likeness (QED) is 0.0259. The van der Waals surface area contributed by atoms with Crippen molar-refractivity contribution in [2.75, 3.05) is 26.4 Å². The summed E-state index contributed by atoms with van der Waals surface area (Å²) in [6.07, 6.45) is 42.8. The zero-order valence-corrected chi connectivity index (χ0v) is 32.0. The van der Waals surface area contributed by atoms with E-state index >= 15 is 0 Å². The lowest BCUT2D eigenvalue weighted by Gasteiger charge is -2.15. The molecule has 50 heavy (non-hydrogen) atoms. The maximum atomic E-state index is 12.0. The van der Waals surface area contributed by atoms with Crippen molar-refractivity contribution in [3.8, 4) is 0 Å². The van der Waals surface area contributed by atoms with E-state index in [4.69, 9.17) is 13.8 Å². The highest BCUT2D eigenvalue weighted by Gasteiger charge is 2.23. The molecule has 3 N–H and O–H groups in total. The molecule has 2 unspecified atom stereocenters. The molecule has 9 nitrogen and oxygen atoms in total. The first kappa shape index (κ1) is 47.4. The van der Waals surface area contributed by atoms with E-state index in [0.29, 0.717) is 12.8 Å². The summed E-state index contributed by atoms with van der Waals surface area (Å²) in [7, 11) is -4.43. The van der Waals surface area contributed by atoms with Crippen LogP contribution in [0.4, 0.5) is 0 Å². The van der Waals surface area contributed by atoms with E-state index in [1.54, 1.807) is 0 Å². The number of hydrogen-bond acceptors (Lipinski definition) is 7. The first-order valence-electron chi connectivity index (χ1n) is 18.9. The number of ether oxygens (including phenoxy) is 1. The SMILES string of the molecule is CC/C=C\C/C=C\C/C=C\C/C=C\C/C=C\C/C=C\CCC(=O)OCC(O)COP(=O)(O)OCCNC(=O)CCCCCCCCCCCC. The van der Waals surface area contributed by atoms with E-state index in [1.165, 1.54) is 44.9 Å². The lowest BCUT2D eigenvalue weighted by molar-refractivity contribution is -0.147. The lowest BCUT2D eigenvalue weighted by atomic mass is 10.1. The lowest BCUT2D eigenvalue weighted by Crippen LogP contribution is -2.27. The second kappa shape index (κ2) is 36.2. The van der Waals surface area contributed by atoms with Gasteiger partial charge in [-0.2, -0.15) is 0 Å². The molecular weight excluding hydrogens is 653 g/mol. The number of esters is 1. The molecule has 0 fully saturated rings. The van der Waals surface area contributed by atoms with Crippen LogP contribution < -0.4 is 5.32 Å². The van der Waals surface area contributed by atoms with Crippen LogP contribution in [0.5, 0.6) is 0 Å². The molecule has 0 saturated carbocycles. The van der Waals surface area contributed by atoms with Crippen molar-refractivity contribution >= 4 is 19.7 Å². The Bertz CT molecular complexity index is 1050. The van der Waals surface area contributed by atoms with Gasteiger partial charge in [0.25, 0.3) is 0 Å². The Morgan fingerprint density at radius 1 is 0.640 bits per heavy atom. The maximum absolute atomic E-state index is 12.0. The second-order valence-corrected chi connectivity index (χ2v) is 13.6. The topological polar surface area (TPSA) is 131 Å². The zero-order valence-electron chi connectivity index (χ0n) is 31.1. The monoisotopic (exact) mass is 721 g/mol. The van der Waals surface area contributed by atoms with Crippen LogP contribution in [0.1, 0.15) is 136 Å². The number of unbranched alkanes of at least 4 members (excludes halogenated alkanes) is 9. The standard InChI is InChI=1S/C40H68NO8P/c1-3-5-7-9-11-13-15-16-17-18-19-20-21-22-23-25-27-29-31-33-40(44)47-36-38(42)37-49-50(45,46)48-35-34-41-39(43)32-30-28-26-24-14-12-10-8-6-4-2/h5,7,11,13,16-17,19-20,22-23,27,29,38,42H,3-4,6,8-10,12,14-15,18,21,24-26,28,30-37H2,1-2H3,(H,41,43)(H,45,46)/b7-5-,13-11-,17-16-,20-19-,23-22-,29-27-. The van der Waals surface area contributed by atoms with E-state index in [1.807, 2.05) is 12.2 Å². The predicted octanol–water partition coefficient (Wildman–Crippen LogP) is 9.93. The molecule has 286 valence electrons. The molecular formula is C40H68NO8P. The number of amides is 1. The van der Waals surface area contributed by atoms with Gasteiger partial charge in [-0.3, -0.25) is 18.6 Å². The molecule has 0 bridgehead atoms. The number of carbonyl (C=O) groups excluding carboxylic acids is 2. The number of nitrogens with one attached hydrogen (secondary N) is 1. The smallest absolute Gasteiger partial charge is 0.463 e. The number of hydrogen-bond donors (Lipinski definition) is 3. The molecule has 0 aromatic heterocycles. The highest BCUT2D eigenvalue weighted by atomic mass is 31.2. The average Bonchev–Trinajstić information content (AvgIpc) is 3.10. The highest BCUT2D eigenvalue weighted by Crippen LogP contribution is 2.42. The number of rotatable bonds is 34. The fraction of sp³-hybridized carbons (Fsp3) is 0.650. The molecule has 0 aliphatic heterocycles. The van der Waals surface area contributed by atoms with Crippen LogP contribution in [0, 0.1) is 0 Å². The molecule has 0 aliphatic rings. The normalized spacial score (nSPS) is 14.2. The summed E-state index contributed by atoms with van der Waals surface area (Å²) < 4.78 is 26.7. The van der Waals surface area contributed by atoms with Gasteiger partial charge in [-0.25, -0.2) is 4.57 Å². The Hall–Kier alpha value is -2.55. The third kappa shape index (κ3) is 36.7. The van der Waals surface area contributed by atoms with Gasteiger partial charge in [-0.1, -0.05) is 145 Å². The minimum atomic E-state index is -4.43. The number of allylic oxidation sites excluding steroid dienone is 12. The van der Waals surface area contributed by atoms with Crippen LogP contribution in [-0.4, -0.2) is 54.3 Å². The van der Waals surface area contributed by atoms with Crippen molar-refractivity contribution in [3.63, 3.8) is 0 Å². The summed E-state index contributed by atoms with van der Waals surface area (Å²) in [5.41, 5.74) is 0. The second-order valence-electron chi connectivity index (χ2n) is 12.2. The van der Waals surface area contributed by atoms with Crippen LogP contribution in [-0.2, 0) is 27.9 Å². The van der Waals surface area contributed by atoms with E-state index < -0.39 is 26.5 Å². The van der Waals surface area contributed by atoms with Gasteiger partial charge in [0, 0.05) is 19.4 Å². The largest absolute Gasteiger partial charge is 0.472 e. The van der Waals surface area contributed by atoms with E-state index in [2.05, 4.69) is 79.9 Å². The van der Waals surface area contributed by atoms with Gasteiger partial charge >= 0.3 is 13.8 Å². The maximum Gasteiger partial charge on any atom is 0.472 e. The summed E-state index contributed by atoms with van der Waals surface area (Å²) in [6, 6.07) is 0. The molecule has 2 atom stereocenters. The molecule has 0 radical (unpaired) electrons. The van der Waals surface area contributed by atoms with Gasteiger partial charge in [-0.05, 0) is 51.4 Å². The van der Waals surface area contributed by atoms with Gasteiger partial charge in [-0.15, -0.1) is 0 Å². The molecule has 0 spiro atoms. The molecule has 0 saturated heterocycles. The van der Waals surface area contributed by atoms with Crippen molar-refractivity contribution < 1.29 is 37.9 Å². The predicted molar refractivity (Wildman–Crippen MR) is 206 cm³/mol. The Kier molecular flexibility index (Phi) is 34.4. The molecule has 1 amide bonds. The van der Waals surface area contributed by atoms with Crippen molar-refractivity contribution in [1.82, 2.24) is 5.32 Å². The van der Waals surface area contributed by atoms with Crippen LogP contribution >= 0.6 is 7.82 Å². The van der Waals surface area contributed by atoms with Crippen molar-refractivity contribution in [2.24, 2.45) is 0 Å². The third-order valence-corrected chi connectivity index (χ3v) is 8.40. The minimum Gasteiger partial charge on any atom is -0.463 e. The fourth-order valence-corrected chi connectivity index (χ4v) is 5.34. The van der Waals surface area contributed by atoms with Crippen LogP contribution in [0.3, 0.4) is 0 Å². The number of carbonyl (C=O) groups is 2. The molecule has 0 aromatic carbocycles. The first-order chi connectivity index (χ1) is 24.3. The molecule has 0 aliphatic carbocycles. The van der Waals surface area contributed by atoms with Gasteiger partial charge in [0.1, 0.15) is 12.7 Å². The summed E-state index contributed by atoms with van der Waals surface area (Å²) in [5.74, 6) is -0.611. The highest BCUT2D eigenvalue weighted by molar-refractivity contribution is 7.47. The first-order valence-corrected chi connectivity index (χ1v) is 20.4. The van der Waals surface area contributed by atoms with Crippen LogP contribution in [0.25, 0.3) is 0 Å². The van der Waals surface area contributed by atoms with Gasteiger partial charge < -0.3 is 20.1 Å². The van der Waals surface area contributed by atoms with Gasteiger partial charge in [0.15, 0.2) is 0 Å². The Morgan fingerprint density at radius 3 is 1.64 bits per heavy atom. The van der Waals surface area contributed by atoms with Gasteiger partial charge in [0.05, 0.1) is 13.2 Å². The van der Waals surface area contributed by atoms with Crippen LogP contribution in [0.15, 0.2) is 72.9 Å². The Morgan fingerprint density at radius 2 is 1.12 bits per heavy atom. The van der Waals surface area contributed by atoms with E-state index in [0.717, 1.165) is 57.8 Å². The molecule has 0 rings (SSSR count). The summed E-state index contributed by atoms with van der Waals surface area (Å²) >= 11 is 0. The summed E-state index contributed by atoms with van der Waals surface area (Å²) in [5, 5.41) is 12.6.